The normalized spacial score (nSPS) is 36.4. The van der Waals surface area contributed by atoms with Crippen LogP contribution in [0, 0.1) is 5.41 Å². The van der Waals surface area contributed by atoms with Gasteiger partial charge in [-0.1, -0.05) is 12.5 Å². The van der Waals surface area contributed by atoms with Gasteiger partial charge in [0.25, 0.3) is 0 Å². The van der Waals surface area contributed by atoms with Crippen LogP contribution in [0.2, 0.25) is 0 Å². The predicted molar refractivity (Wildman–Crippen MR) is 74.8 cm³/mol. The third-order valence-corrected chi connectivity index (χ3v) is 5.15. The van der Waals surface area contributed by atoms with E-state index < -0.39 is 0 Å². The van der Waals surface area contributed by atoms with Gasteiger partial charge in [-0.2, -0.15) is 0 Å². The molecule has 1 aliphatic carbocycles. The Hall–Kier alpha value is -1.22. The van der Waals surface area contributed by atoms with Gasteiger partial charge < -0.3 is 9.64 Å². The molecule has 19 heavy (non-hydrogen) atoms. The summed E-state index contributed by atoms with van der Waals surface area (Å²) in [5, 5.41) is 3.32. The zero-order valence-electron chi connectivity index (χ0n) is 11.6. The van der Waals surface area contributed by atoms with E-state index in [9.17, 15) is 0 Å². The number of nitrogens with one attached hydrogen (secondary N) is 1. The molecule has 1 spiro atoms. The molecule has 1 unspecified atom stereocenters. The first kappa shape index (κ1) is 11.6. The highest BCUT2D eigenvalue weighted by Gasteiger charge is 2.52. The lowest BCUT2D eigenvalue weighted by atomic mass is 9.66. The maximum Gasteiger partial charge on any atom is 0.150 e. The van der Waals surface area contributed by atoms with Crippen molar-refractivity contribution in [2.45, 2.75) is 51.2 Å². The molecule has 0 amide bonds. The van der Waals surface area contributed by atoms with Crippen molar-refractivity contribution in [2.75, 3.05) is 7.05 Å². The molecule has 0 aromatic heterocycles. The molecule has 1 N–H and O–H groups in total. The molecule has 0 bridgehead atoms. The average molecular weight is 258 g/mol. The first-order valence-corrected chi connectivity index (χ1v) is 7.57. The largest absolute Gasteiger partial charge is 0.477 e. The molecule has 3 heterocycles. The molecule has 2 atom stereocenters. The minimum absolute atomic E-state index is 0.190. The summed E-state index contributed by atoms with van der Waals surface area (Å²) in [7, 11) is 2.01. The molecule has 0 aromatic carbocycles. The molecular formula is C16H22N2O. The zero-order chi connectivity index (χ0) is 12.9. The Balaban J connectivity index is 1.84. The molecule has 0 radical (unpaired) electrons. The predicted octanol–water partition coefficient (Wildman–Crippen LogP) is 3.23. The van der Waals surface area contributed by atoms with Crippen molar-refractivity contribution >= 4 is 0 Å². The minimum atomic E-state index is 0.190. The summed E-state index contributed by atoms with van der Waals surface area (Å²) >= 11 is 0. The van der Waals surface area contributed by atoms with Crippen LogP contribution in [-0.2, 0) is 4.74 Å². The van der Waals surface area contributed by atoms with E-state index in [4.69, 9.17) is 4.74 Å². The number of allylic oxidation sites excluding steroid dienone is 3. The third-order valence-electron chi connectivity index (χ3n) is 5.15. The molecule has 102 valence electrons. The number of hydrogen-bond donors (Lipinski definition) is 1. The van der Waals surface area contributed by atoms with Crippen LogP contribution in [0.1, 0.15) is 44.9 Å². The topological polar surface area (TPSA) is 24.5 Å². The molecule has 3 heteroatoms. The Labute approximate surface area is 115 Å². The van der Waals surface area contributed by atoms with Crippen LogP contribution in [0.15, 0.2) is 35.5 Å². The first-order chi connectivity index (χ1) is 9.33. The van der Waals surface area contributed by atoms with Gasteiger partial charge in [-0.05, 0) is 44.7 Å². The molecule has 3 nitrogen and oxygen atoms in total. The SMILES string of the molecule is CN[C@H]1CC23CCCCC2=CN2C=CCCC2=C3O1. The Morgan fingerprint density at radius 1 is 1.37 bits per heavy atom. The van der Waals surface area contributed by atoms with E-state index in [2.05, 4.69) is 28.7 Å². The summed E-state index contributed by atoms with van der Waals surface area (Å²) in [6.07, 6.45) is 15.6. The van der Waals surface area contributed by atoms with Gasteiger partial charge in [0.15, 0.2) is 6.23 Å². The lowest BCUT2D eigenvalue weighted by molar-refractivity contribution is 0.126. The highest BCUT2D eigenvalue weighted by Crippen LogP contribution is 2.58. The molecule has 1 saturated carbocycles. The van der Waals surface area contributed by atoms with Gasteiger partial charge >= 0.3 is 0 Å². The van der Waals surface area contributed by atoms with Crippen LogP contribution in [0.3, 0.4) is 0 Å². The second kappa shape index (κ2) is 4.14. The van der Waals surface area contributed by atoms with Crippen molar-refractivity contribution in [3.8, 4) is 0 Å². The molecule has 4 aliphatic rings. The fourth-order valence-electron chi connectivity index (χ4n) is 4.18. The maximum atomic E-state index is 6.30. The summed E-state index contributed by atoms with van der Waals surface area (Å²) < 4.78 is 6.30. The van der Waals surface area contributed by atoms with E-state index in [-0.39, 0.29) is 11.6 Å². The third kappa shape index (κ3) is 1.54. The highest BCUT2D eigenvalue weighted by molar-refractivity contribution is 5.40. The van der Waals surface area contributed by atoms with E-state index in [1.165, 1.54) is 37.1 Å². The second-order valence-electron chi connectivity index (χ2n) is 6.15. The van der Waals surface area contributed by atoms with E-state index in [1.54, 1.807) is 5.57 Å². The summed E-state index contributed by atoms with van der Waals surface area (Å²) in [6.45, 7) is 0. The van der Waals surface area contributed by atoms with Gasteiger partial charge in [-0.3, -0.25) is 5.32 Å². The Morgan fingerprint density at radius 3 is 3.21 bits per heavy atom. The van der Waals surface area contributed by atoms with Crippen LogP contribution in [0.4, 0.5) is 0 Å². The number of hydrogen-bond acceptors (Lipinski definition) is 3. The Kier molecular flexibility index (Phi) is 2.52. The molecular weight excluding hydrogens is 236 g/mol. The van der Waals surface area contributed by atoms with E-state index >= 15 is 0 Å². The molecule has 0 aromatic rings. The summed E-state index contributed by atoms with van der Waals surface area (Å²) in [5.74, 6) is 1.29. The molecule has 1 saturated heterocycles. The van der Waals surface area contributed by atoms with E-state index in [0.717, 1.165) is 19.3 Å². The fourth-order valence-corrected chi connectivity index (χ4v) is 4.18. The van der Waals surface area contributed by atoms with Crippen molar-refractivity contribution < 1.29 is 4.74 Å². The Bertz CT molecular complexity index is 491. The smallest absolute Gasteiger partial charge is 0.150 e. The lowest BCUT2D eigenvalue weighted by Gasteiger charge is -2.42. The van der Waals surface area contributed by atoms with Crippen LogP contribution in [0.5, 0.6) is 0 Å². The average Bonchev–Trinajstić information content (AvgIpc) is 2.84. The van der Waals surface area contributed by atoms with Gasteiger partial charge in [0.1, 0.15) is 5.76 Å². The quantitative estimate of drug-likeness (QED) is 0.781. The molecule has 4 rings (SSSR count). The zero-order valence-corrected chi connectivity index (χ0v) is 11.6. The molecule has 2 fully saturated rings. The maximum absolute atomic E-state index is 6.30. The standard InChI is InChI=1S/C16H22N2O/c1-17-14-10-16-8-4-2-6-12(16)11-18-9-5-3-7-13(18)15(16)19-14/h5,9,11,14,17H,2-4,6-8,10H2,1H3/t14-,16?/m1/s1. The number of fused-ring (bicyclic) bond motifs is 1. The monoisotopic (exact) mass is 258 g/mol. The minimum Gasteiger partial charge on any atom is -0.477 e. The van der Waals surface area contributed by atoms with E-state index in [1.807, 2.05) is 7.05 Å². The Morgan fingerprint density at radius 2 is 2.32 bits per heavy atom. The van der Waals surface area contributed by atoms with E-state index in [0.29, 0.717) is 0 Å². The van der Waals surface area contributed by atoms with Gasteiger partial charge in [-0.15, -0.1) is 0 Å². The summed E-state index contributed by atoms with van der Waals surface area (Å²) in [6, 6.07) is 0. The number of ether oxygens (including phenoxy) is 1. The van der Waals surface area contributed by atoms with Gasteiger partial charge in [0.2, 0.25) is 0 Å². The number of rotatable bonds is 1. The lowest BCUT2D eigenvalue weighted by Crippen LogP contribution is -2.34. The van der Waals surface area contributed by atoms with Gasteiger partial charge in [0.05, 0.1) is 11.1 Å². The molecule has 3 aliphatic heterocycles. The highest BCUT2D eigenvalue weighted by atomic mass is 16.5. The van der Waals surface area contributed by atoms with Crippen LogP contribution in [0.25, 0.3) is 0 Å². The van der Waals surface area contributed by atoms with Crippen LogP contribution >= 0.6 is 0 Å². The van der Waals surface area contributed by atoms with Crippen LogP contribution in [-0.4, -0.2) is 18.2 Å². The van der Waals surface area contributed by atoms with Gasteiger partial charge in [0, 0.05) is 18.8 Å². The first-order valence-electron chi connectivity index (χ1n) is 7.57. The summed E-state index contributed by atoms with van der Waals surface area (Å²) in [5.41, 5.74) is 3.23. The summed E-state index contributed by atoms with van der Waals surface area (Å²) in [4.78, 5) is 2.32. The van der Waals surface area contributed by atoms with Gasteiger partial charge in [-0.25, -0.2) is 0 Å². The van der Waals surface area contributed by atoms with Crippen molar-refractivity contribution in [1.82, 2.24) is 10.2 Å². The van der Waals surface area contributed by atoms with Crippen molar-refractivity contribution in [2.24, 2.45) is 5.41 Å². The number of nitrogens with zero attached hydrogens (tertiary/aromatic N) is 1. The second-order valence-corrected chi connectivity index (χ2v) is 6.15. The van der Waals surface area contributed by atoms with Crippen molar-refractivity contribution in [1.29, 1.82) is 0 Å². The van der Waals surface area contributed by atoms with Crippen molar-refractivity contribution in [3.05, 3.63) is 35.5 Å². The van der Waals surface area contributed by atoms with Crippen molar-refractivity contribution in [3.63, 3.8) is 0 Å². The van der Waals surface area contributed by atoms with Crippen LogP contribution < -0.4 is 5.32 Å². The fraction of sp³-hybridized carbons (Fsp3) is 0.625.